The maximum atomic E-state index is 5.33. The van der Waals surface area contributed by atoms with Crippen LogP contribution in [0.25, 0.3) is 0 Å². The summed E-state index contributed by atoms with van der Waals surface area (Å²) in [6.07, 6.45) is 15.8. The van der Waals surface area contributed by atoms with E-state index in [4.69, 9.17) is 4.42 Å². The highest BCUT2D eigenvalue weighted by Crippen LogP contribution is 2.14. The van der Waals surface area contributed by atoms with Crippen LogP contribution >= 0.6 is 0 Å². The first-order chi connectivity index (χ1) is 10.5. The highest BCUT2D eigenvalue weighted by atomic mass is 16.3. The molecule has 0 spiro atoms. The van der Waals surface area contributed by atoms with E-state index in [9.17, 15) is 0 Å². The summed E-state index contributed by atoms with van der Waals surface area (Å²) in [7, 11) is 0. The quantitative estimate of drug-likeness (QED) is 0.450. The molecule has 0 saturated heterocycles. The summed E-state index contributed by atoms with van der Waals surface area (Å²) >= 11 is 0. The Morgan fingerprint density at radius 1 is 0.909 bits per heavy atom. The van der Waals surface area contributed by atoms with Gasteiger partial charge in [0.25, 0.3) is 0 Å². The van der Waals surface area contributed by atoms with Gasteiger partial charge in [-0.15, -0.1) is 0 Å². The van der Waals surface area contributed by atoms with E-state index in [-0.39, 0.29) is 0 Å². The number of hydrogen-bond donors (Lipinski definition) is 0. The van der Waals surface area contributed by atoms with Crippen molar-refractivity contribution in [3.63, 3.8) is 0 Å². The van der Waals surface area contributed by atoms with Gasteiger partial charge in [-0.1, -0.05) is 34.9 Å². The molecular formula is C21H32O. The zero-order valence-corrected chi connectivity index (χ0v) is 15.0. The fourth-order valence-electron chi connectivity index (χ4n) is 2.48. The molecule has 0 radical (unpaired) electrons. The molecular weight excluding hydrogens is 268 g/mol. The van der Waals surface area contributed by atoms with Gasteiger partial charge in [-0.05, 0) is 84.8 Å². The van der Waals surface area contributed by atoms with Crippen LogP contribution in [-0.2, 0) is 6.42 Å². The zero-order chi connectivity index (χ0) is 16.4. The molecule has 0 fully saturated rings. The van der Waals surface area contributed by atoms with Crippen molar-refractivity contribution in [2.75, 3.05) is 0 Å². The lowest BCUT2D eigenvalue weighted by atomic mass is 10.0. The second kappa shape index (κ2) is 10.3. The molecule has 0 unspecified atom stereocenters. The minimum absolute atomic E-state index is 1.06. The monoisotopic (exact) mass is 300 g/mol. The second-order valence-corrected chi connectivity index (χ2v) is 6.50. The molecule has 0 saturated carbocycles. The van der Waals surface area contributed by atoms with E-state index in [1.807, 2.05) is 6.92 Å². The first-order valence-electron chi connectivity index (χ1n) is 8.46. The van der Waals surface area contributed by atoms with Crippen molar-refractivity contribution in [3.8, 4) is 0 Å². The van der Waals surface area contributed by atoms with Gasteiger partial charge in [-0.25, -0.2) is 0 Å². The Morgan fingerprint density at radius 2 is 1.50 bits per heavy atom. The predicted octanol–water partition coefficient (Wildman–Crippen LogP) is 6.94. The van der Waals surface area contributed by atoms with Gasteiger partial charge in [0.2, 0.25) is 0 Å². The Balaban J connectivity index is 2.24. The van der Waals surface area contributed by atoms with Crippen LogP contribution in [0.1, 0.15) is 71.1 Å². The number of rotatable bonds is 9. The van der Waals surface area contributed by atoms with Crippen LogP contribution in [0.5, 0.6) is 0 Å². The van der Waals surface area contributed by atoms with Crippen molar-refractivity contribution in [1.29, 1.82) is 0 Å². The van der Waals surface area contributed by atoms with Gasteiger partial charge in [-0.3, -0.25) is 0 Å². The van der Waals surface area contributed by atoms with Gasteiger partial charge in [0.1, 0.15) is 5.76 Å². The average molecular weight is 300 g/mol. The van der Waals surface area contributed by atoms with Gasteiger partial charge in [0, 0.05) is 0 Å². The highest BCUT2D eigenvalue weighted by Gasteiger charge is 1.99. The zero-order valence-electron chi connectivity index (χ0n) is 15.0. The summed E-state index contributed by atoms with van der Waals surface area (Å²) in [5.74, 6) is 1.06. The van der Waals surface area contributed by atoms with Crippen LogP contribution < -0.4 is 0 Å². The third kappa shape index (κ3) is 8.07. The van der Waals surface area contributed by atoms with E-state index < -0.39 is 0 Å². The van der Waals surface area contributed by atoms with Crippen molar-refractivity contribution in [1.82, 2.24) is 0 Å². The van der Waals surface area contributed by atoms with E-state index in [2.05, 4.69) is 52.0 Å². The fourth-order valence-corrected chi connectivity index (χ4v) is 2.48. The van der Waals surface area contributed by atoms with E-state index in [1.54, 1.807) is 6.26 Å². The van der Waals surface area contributed by atoms with Crippen LogP contribution in [0, 0.1) is 6.92 Å². The van der Waals surface area contributed by atoms with Gasteiger partial charge in [-0.2, -0.15) is 0 Å². The normalized spacial score (nSPS) is 12.6. The lowest BCUT2D eigenvalue weighted by Gasteiger charge is -2.02. The molecule has 0 N–H and O–H groups in total. The molecule has 0 atom stereocenters. The topological polar surface area (TPSA) is 13.1 Å². The van der Waals surface area contributed by atoms with Crippen molar-refractivity contribution < 1.29 is 4.42 Å². The Labute approximate surface area is 136 Å². The number of allylic oxidation sites excluding steroid dienone is 6. The molecule has 1 rings (SSSR count). The lowest BCUT2D eigenvalue weighted by Crippen LogP contribution is -1.85. The van der Waals surface area contributed by atoms with Crippen LogP contribution in [-0.4, -0.2) is 0 Å². The Kier molecular flexibility index (Phi) is 8.65. The van der Waals surface area contributed by atoms with Gasteiger partial charge < -0.3 is 4.42 Å². The van der Waals surface area contributed by atoms with Crippen molar-refractivity contribution >= 4 is 0 Å². The van der Waals surface area contributed by atoms with E-state index in [0.29, 0.717) is 0 Å². The first kappa shape index (κ1) is 18.5. The van der Waals surface area contributed by atoms with Crippen molar-refractivity contribution in [2.45, 2.75) is 73.1 Å². The molecule has 122 valence electrons. The summed E-state index contributed by atoms with van der Waals surface area (Å²) in [5.41, 5.74) is 5.76. The molecule has 0 aromatic carbocycles. The molecule has 1 aromatic rings. The fraction of sp³-hybridized carbons (Fsp3) is 0.524. The summed E-state index contributed by atoms with van der Waals surface area (Å²) < 4.78 is 5.33. The molecule has 0 amide bonds. The molecule has 1 aromatic heterocycles. The van der Waals surface area contributed by atoms with Crippen molar-refractivity contribution in [3.05, 3.63) is 58.6 Å². The second-order valence-electron chi connectivity index (χ2n) is 6.50. The summed E-state index contributed by atoms with van der Waals surface area (Å²) in [5, 5.41) is 0. The third-order valence-electron chi connectivity index (χ3n) is 4.00. The molecule has 1 heteroatoms. The Bertz CT molecular complexity index is 522. The molecule has 0 bridgehead atoms. The number of aryl methyl sites for hydroxylation is 2. The number of furan rings is 1. The van der Waals surface area contributed by atoms with Crippen LogP contribution in [0.15, 0.2) is 51.7 Å². The van der Waals surface area contributed by atoms with E-state index in [0.717, 1.165) is 25.0 Å². The highest BCUT2D eigenvalue weighted by molar-refractivity contribution is 5.16. The van der Waals surface area contributed by atoms with Crippen LogP contribution in [0.3, 0.4) is 0 Å². The molecule has 1 nitrogen and oxygen atoms in total. The van der Waals surface area contributed by atoms with Gasteiger partial charge >= 0.3 is 0 Å². The molecule has 0 aliphatic heterocycles. The summed E-state index contributed by atoms with van der Waals surface area (Å²) in [6.45, 7) is 10.9. The largest absolute Gasteiger partial charge is 0.469 e. The minimum atomic E-state index is 1.06. The molecule has 0 aliphatic rings. The van der Waals surface area contributed by atoms with E-state index >= 15 is 0 Å². The van der Waals surface area contributed by atoms with E-state index in [1.165, 1.54) is 41.5 Å². The summed E-state index contributed by atoms with van der Waals surface area (Å²) in [6, 6.07) is 2.08. The van der Waals surface area contributed by atoms with Crippen molar-refractivity contribution in [2.24, 2.45) is 0 Å². The van der Waals surface area contributed by atoms with Crippen LogP contribution in [0.4, 0.5) is 0 Å². The lowest BCUT2D eigenvalue weighted by molar-refractivity contribution is 0.529. The maximum Gasteiger partial charge on any atom is 0.103 e. The SMILES string of the molecule is CC(C)=CCC/C(C)=C/CC/C(C)=C/CCc1ccoc1C. The Hall–Kier alpha value is -1.50. The third-order valence-corrected chi connectivity index (χ3v) is 4.00. The molecule has 1 heterocycles. The minimum Gasteiger partial charge on any atom is -0.469 e. The molecule has 22 heavy (non-hydrogen) atoms. The number of hydrogen-bond acceptors (Lipinski definition) is 1. The first-order valence-corrected chi connectivity index (χ1v) is 8.46. The predicted molar refractivity (Wildman–Crippen MR) is 97.2 cm³/mol. The summed E-state index contributed by atoms with van der Waals surface area (Å²) in [4.78, 5) is 0. The standard InChI is InChI=1S/C21H32O/c1-17(2)9-6-10-18(3)11-7-12-19(4)13-8-14-21-15-16-22-20(21)5/h9,11,13,15-16H,6-8,10,12,14H2,1-5H3/b18-11+,19-13+. The maximum absolute atomic E-state index is 5.33. The Morgan fingerprint density at radius 3 is 2.05 bits per heavy atom. The smallest absolute Gasteiger partial charge is 0.103 e. The average Bonchev–Trinajstić information content (AvgIpc) is 2.84. The van der Waals surface area contributed by atoms with Crippen LogP contribution in [0.2, 0.25) is 0 Å². The van der Waals surface area contributed by atoms with Gasteiger partial charge in [0.15, 0.2) is 0 Å². The van der Waals surface area contributed by atoms with Gasteiger partial charge in [0.05, 0.1) is 6.26 Å². The molecule has 0 aliphatic carbocycles.